The van der Waals surface area contributed by atoms with Crippen LogP contribution >= 0.6 is 0 Å². The summed E-state index contributed by atoms with van der Waals surface area (Å²) in [5, 5.41) is 3.17. The van der Waals surface area contributed by atoms with E-state index in [0.717, 1.165) is 19.3 Å². The van der Waals surface area contributed by atoms with Crippen LogP contribution in [-0.2, 0) is 11.2 Å². The number of rotatable bonds is 2. The third-order valence-corrected chi connectivity index (χ3v) is 5.05. The smallest absolute Gasteiger partial charge is 0.227 e. The fourth-order valence-electron chi connectivity index (χ4n) is 3.70. The van der Waals surface area contributed by atoms with Crippen molar-refractivity contribution in [2.75, 3.05) is 0 Å². The summed E-state index contributed by atoms with van der Waals surface area (Å²) >= 11 is 0. The predicted molar refractivity (Wildman–Crippen MR) is 67.5 cm³/mol. The molecular weight excluding hydrogens is 210 g/mol. The zero-order valence-corrected chi connectivity index (χ0v) is 10.5. The van der Waals surface area contributed by atoms with E-state index in [4.69, 9.17) is 0 Å². The summed E-state index contributed by atoms with van der Waals surface area (Å²) in [4.78, 5) is 12.3. The molecule has 2 nitrogen and oxygen atoms in total. The summed E-state index contributed by atoms with van der Waals surface area (Å²) in [5.41, 5.74) is 1.18. The van der Waals surface area contributed by atoms with Crippen LogP contribution in [0.3, 0.4) is 0 Å². The summed E-state index contributed by atoms with van der Waals surface area (Å²) in [6.07, 6.45) is 3.04. The van der Waals surface area contributed by atoms with Crippen LogP contribution in [0.25, 0.3) is 0 Å². The molecule has 3 rings (SSSR count). The number of fused-ring (bicyclic) bond motifs is 2. The maximum Gasteiger partial charge on any atom is 0.227 e. The van der Waals surface area contributed by atoms with Crippen molar-refractivity contribution in [3.8, 4) is 0 Å². The second kappa shape index (κ2) is 3.34. The van der Waals surface area contributed by atoms with Crippen LogP contribution in [0, 0.1) is 10.8 Å². The van der Waals surface area contributed by atoms with Gasteiger partial charge < -0.3 is 5.32 Å². The van der Waals surface area contributed by atoms with Gasteiger partial charge in [0.1, 0.15) is 0 Å². The quantitative estimate of drug-likeness (QED) is 0.829. The van der Waals surface area contributed by atoms with Gasteiger partial charge in [-0.2, -0.15) is 0 Å². The fourth-order valence-corrected chi connectivity index (χ4v) is 3.70. The number of carbonyl (C=O) groups excluding carboxylic acids is 1. The van der Waals surface area contributed by atoms with Crippen LogP contribution in [0.15, 0.2) is 30.3 Å². The monoisotopic (exact) mass is 229 g/mol. The van der Waals surface area contributed by atoms with Crippen molar-refractivity contribution < 1.29 is 4.79 Å². The molecule has 1 aromatic rings. The SMILES string of the molecule is CC1(C)C2CCC1(Cc1ccccc1)C(=O)N2. The molecule has 17 heavy (non-hydrogen) atoms. The summed E-state index contributed by atoms with van der Waals surface area (Å²) in [6, 6.07) is 10.8. The van der Waals surface area contributed by atoms with Crippen molar-refractivity contribution in [1.29, 1.82) is 0 Å². The van der Waals surface area contributed by atoms with Gasteiger partial charge in [-0.05, 0) is 30.2 Å². The molecule has 2 aliphatic rings. The highest BCUT2D eigenvalue weighted by Gasteiger charge is 2.64. The van der Waals surface area contributed by atoms with E-state index in [9.17, 15) is 4.79 Å². The minimum Gasteiger partial charge on any atom is -0.352 e. The van der Waals surface area contributed by atoms with Crippen molar-refractivity contribution >= 4 is 5.91 Å². The Hall–Kier alpha value is -1.31. The summed E-state index contributed by atoms with van der Waals surface area (Å²) < 4.78 is 0. The van der Waals surface area contributed by atoms with E-state index in [0.29, 0.717) is 6.04 Å². The van der Waals surface area contributed by atoms with E-state index in [-0.39, 0.29) is 16.7 Å². The van der Waals surface area contributed by atoms with E-state index < -0.39 is 0 Å². The summed E-state index contributed by atoms with van der Waals surface area (Å²) in [6.45, 7) is 4.48. The molecule has 2 heteroatoms. The van der Waals surface area contributed by atoms with E-state index in [2.05, 4.69) is 43.4 Å². The van der Waals surface area contributed by atoms with Crippen LogP contribution in [0.2, 0.25) is 0 Å². The summed E-state index contributed by atoms with van der Waals surface area (Å²) in [5.74, 6) is 0.266. The second-order valence-corrected chi connectivity index (χ2v) is 6.03. The van der Waals surface area contributed by atoms with E-state index in [1.165, 1.54) is 5.56 Å². The Morgan fingerprint density at radius 3 is 2.53 bits per heavy atom. The van der Waals surface area contributed by atoms with Crippen LogP contribution in [0.5, 0.6) is 0 Å². The van der Waals surface area contributed by atoms with Gasteiger partial charge in [-0.25, -0.2) is 0 Å². The Labute approximate surface area is 102 Å². The first-order valence-electron chi connectivity index (χ1n) is 6.41. The van der Waals surface area contributed by atoms with Gasteiger partial charge in [0, 0.05) is 6.04 Å². The van der Waals surface area contributed by atoms with Crippen LogP contribution in [0.1, 0.15) is 32.3 Å². The maximum atomic E-state index is 12.3. The molecule has 2 fully saturated rings. The zero-order chi connectivity index (χ0) is 12.1. The standard InChI is InChI=1S/C15H19NO/c1-14(2)12-8-9-15(14,13(17)16-12)10-11-6-4-3-5-7-11/h3-7,12H,8-10H2,1-2H3,(H,16,17). The minimum absolute atomic E-state index is 0.0833. The molecule has 2 bridgehead atoms. The molecular formula is C15H19NO. The van der Waals surface area contributed by atoms with Crippen molar-refractivity contribution in [1.82, 2.24) is 5.32 Å². The molecule has 1 amide bonds. The molecule has 90 valence electrons. The molecule has 0 spiro atoms. The molecule has 1 aliphatic carbocycles. The number of nitrogens with one attached hydrogen (secondary N) is 1. The van der Waals surface area contributed by atoms with Gasteiger partial charge in [0.05, 0.1) is 5.41 Å². The number of amides is 1. The topological polar surface area (TPSA) is 29.1 Å². The maximum absolute atomic E-state index is 12.3. The van der Waals surface area contributed by atoms with Gasteiger partial charge in [-0.15, -0.1) is 0 Å². The molecule has 1 aliphatic heterocycles. The van der Waals surface area contributed by atoms with Crippen molar-refractivity contribution in [3.63, 3.8) is 0 Å². The largest absolute Gasteiger partial charge is 0.352 e. The number of hydrogen-bond donors (Lipinski definition) is 1. The van der Waals surface area contributed by atoms with Gasteiger partial charge >= 0.3 is 0 Å². The van der Waals surface area contributed by atoms with Gasteiger partial charge in [-0.1, -0.05) is 44.2 Å². The highest BCUT2D eigenvalue weighted by Crippen LogP contribution is 2.58. The lowest BCUT2D eigenvalue weighted by atomic mass is 9.66. The summed E-state index contributed by atoms with van der Waals surface area (Å²) in [7, 11) is 0. The third kappa shape index (κ3) is 1.30. The Balaban J connectivity index is 1.98. The molecule has 1 saturated heterocycles. The lowest BCUT2D eigenvalue weighted by Crippen LogP contribution is -2.40. The third-order valence-electron chi connectivity index (χ3n) is 5.05. The molecule has 1 saturated carbocycles. The number of piperidine rings is 1. The van der Waals surface area contributed by atoms with E-state index >= 15 is 0 Å². The highest BCUT2D eigenvalue weighted by molar-refractivity contribution is 5.88. The molecule has 2 atom stereocenters. The highest BCUT2D eigenvalue weighted by atomic mass is 16.2. The van der Waals surface area contributed by atoms with Crippen LogP contribution < -0.4 is 5.32 Å². The number of benzene rings is 1. The lowest BCUT2D eigenvalue weighted by Gasteiger charge is -2.34. The van der Waals surface area contributed by atoms with Crippen molar-refractivity contribution in [2.24, 2.45) is 10.8 Å². The van der Waals surface area contributed by atoms with Gasteiger partial charge in [0.25, 0.3) is 0 Å². The normalized spacial score (nSPS) is 33.8. The van der Waals surface area contributed by atoms with Crippen LogP contribution in [-0.4, -0.2) is 11.9 Å². The van der Waals surface area contributed by atoms with Gasteiger partial charge in [-0.3, -0.25) is 4.79 Å². The first kappa shape index (κ1) is 10.8. The van der Waals surface area contributed by atoms with Gasteiger partial charge in [0.15, 0.2) is 0 Å². The Bertz CT molecular complexity index is 451. The lowest BCUT2D eigenvalue weighted by molar-refractivity contribution is -0.131. The van der Waals surface area contributed by atoms with E-state index in [1.807, 2.05) is 6.07 Å². The van der Waals surface area contributed by atoms with Crippen molar-refractivity contribution in [2.45, 2.75) is 39.2 Å². The average molecular weight is 229 g/mol. The fraction of sp³-hybridized carbons (Fsp3) is 0.533. The number of carbonyl (C=O) groups is 1. The molecule has 2 unspecified atom stereocenters. The zero-order valence-electron chi connectivity index (χ0n) is 10.5. The molecule has 1 N–H and O–H groups in total. The predicted octanol–water partition coefficient (Wildman–Crippen LogP) is 2.53. The first-order valence-corrected chi connectivity index (χ1v) is 6.41. The molecule has 1 aromatic carbocycles. The van der Waals surface area contributed by atoms with Crippen LogP contribution in [0.4, 0.5) is 0 Å². The Kier molecular flexibility index (Phi) is 2.13. The second-order valence-electron chi connectivity index (χ2n) is 6.03. The molecule has 0 aromatic heterocycles. The Morgan fingerprint density at radius 2 is 2.00 bits per heavy atom. The molecule has 1 heterocycles. The molecule has 0 radical (unpaired) electrons. The minimum atomic E-state index is -0.182. The number of hydrogen-bond acceptors (Lipinski definition) is 1. The Morgan fingerprint density at radius 1 is 1.29 bits per heavy atom. The van der Waals surface area contributed by atoms with Gasteiger partial charge in [0.2, 0.25) is 5.91 Å². The average Bonchev–Trinajstić information content (AvgIpc) is 2.64. The van der Waals surface area contributed by atoms with E-state index in [1.54, 1.807) is 0 Å². The first-order chi connectivity index (χ1) is 8.06. The van der Waals surface area contributed by atoms with Crippen molar-refractivity contribution in [3.05, 3.63) is 35.9 Å².